The quantitative estimate of drug-likeness (QED) is 0.804. The zero-order valence-corrected chi connectivity index (χ0v) is 13.0. The van der Waals surface area contributed by atoms with Gasteiger partial charge in [-0.2, -0.15) is 0 Å². The van der Waals surface area contributed by atoms with Crippen LogP contribution in [0.2, 0.25) is 0 Å². The Morgan fingerprint density at radius 1 is 1.38 bits per heavy atom. The number of carbonyl (C=O) groups is 1. The SMILES string of the molecule is CC(C)c1nc(N2CCCOc3ccccc32)sc1C=O. The molecule has 0 saturated carbocycles. The fourth-order valence-corrected chi connectivity index (χ4v) is 3.55. The van der Waals surface area contributed by atoms with Crippen molar-refractivity contribution in [1.82, 2.24) is 4.98 Å². The van der Waals surface area contributed by atoms with Gasteiger partial charge in [0, 0.05) is 6.54 Å². The zero-order valence-electron chi connectivity index (χ0n) is 12.2. The summed E-state index contributed by atoms with van der Waals surface area (Å²) in [5.74, 6) is 1.12. The van der Waals surface area contributed by atoms with Gasteiger partial charge in [0.15, 0.2) is 11.4 Å². The monoisotopic (exact) mass is 302 g/mol. The molecule has 0 amide bonds. The van der Waals surface area contributed by atoms with E-state index in [-0.39, 0.29) is 5.92 Å². The number of thiazole rings is 1. The van der Waals surface area contributed by atoms with Gasteiger partial charge < -0.3 is 9.64 Å². The average molecular weight is 302 g/mol. The van der Waals surface area contributed by atoms with Crippen molar-refractivity contribution in [3.63, 3.8) is 0 Å². The molecule has 0 saturated heterocycles. The van der Waals surface area contributed by atoms with Gasteiger partial charge in [0.25, 0.3) is 0 Å². The molecule has 2 heterocycles. The van der Waals surface area contributed by atoms with Crippen molar-refractivity contribution in [3.05, 3.63) is 34.8 Å². The van der Waals surface area contributed by atoms with Crippen molar-refractivity contribution >= 4 is 28.4 Å². The molecule has 0 unspecified atom stereocenters. The van der Waals surface area contributed by atoms with Gasteiger partial charge in [-0.15, -0.1) is 0 Å². The van der Waals surface area contributed by atoms with E-state index < -0.39 is 0 Å². The first-order valence-corrected chi connectivity index (χ1v) is 7.97. The van der Waals surface area contributed by atoms with Crippen LogP contribution >= 0.6 is 11.3 Å². The average Bonchev–Trinajstić information content (AvgIpc) is 2.81. The van der Waals surface area contributed by atoms with E-state index in [2.05, 4.69) is 18.7 Å². The largest absolute Gasteiger partial charge is 0.491 e. The third-order valence-electron chi connectivity index (χ3n) is 3.49. The van der Waals surface area contributed by atoms with Gasteiger partial charge in [0.1, 0.15) is 5.75 Å². The molecule has 2 aromatic rings. The van der Waals surface area contributed by atoms with Crippen molar-refractivity contribution in [3.8, 4) is 5.75 Å². The number of carbonyl (C=O) groups excluding carboxylic acids is 1. The number of benzene rings is 1. The zero-order chi connectivity index (χ0) is 14.8. The van der Waals surface area contributed by atoms with E-state index in [1.165, 1.54) is 11.3 Å². The molecule has 0 radical (unpaired) electrons. The summed E-state index contributed by atoms with van der Waals surface area (Å²) in [7, 11) is 0. The topological polar surface area (TPSA) is 42.4 Å². The number of para-hydroxylation sites is 2. The molecule has 1 aliphatic rings. The molecule has 5 heteroatoms. The van der Waals surface area contributed by atoms with Gasteiger partial charge in [-0.1, -0.05) is 37.3 Å². The molecule has 110 valence electrons. The van der Waals surface area contributed by atoms with Gasteiger partial charge >= 0.3 is 0 Å². The van der Waals surface area contributed by atoms with E-state index in [9.17, 15) is 4.79 Å². The number of ether oxygens (including phenoxy) is 1. The van der Waals surface area contributed by atoms with Crippen LogP contribution in [0.4, 0.5) is 10.8 Å². The molecule has 0 N–H and O–H groups in total. The second-order valence-corrected chi connectivity index (χ2v) is 6.35. The summed E-state index contributed by atoms with van der Waals surface area (Å²) in [6, 6.07) is 7.99. The minimum absolute atomic E-state index is 0.244. The Labute approximate surface area is 128 Å². The van der Waals surface area contributed by atoms with E-state index >= 15 is 0 Å². The van der Waals surface area contributed by atoms with Crippen LogP contribution in [0.5, 0.6) is 5.75 Å². The van der Waals surface area contributed by atoms with Crippen molar-refractivity contribution in [2.24, 2.45) is 0 Å². The highest BCUT2D eigenvalue weighted by atomic mass is 32.1. The fraction of sp³-hybridized carbons (Fsp3) is 0.375. The number of nitrogens with zero attached hydrogens (tertiary/aromatic N) is 2. The maximum Gasteiger partial charge on any atom is 0.190 e. The molecule has 1 aliphatic heterocycles. The number of rotatable bonds is 3. The molecule has 0 fully saturated rings. The number of aldehydes is 1. The first kappa shape index (κ1) is 14.1. The van der Waals surface area contributed by atoms with Crippen molar-refractivity contribution < 1.29 is 9.53 Å². The number of hydrogen-bond donors (Lipinski definition) is 0. The summed E-state index contributed by atoms with van der Waals surface area (Å²) in [6.45, 7) is 5.67. The summed E-state index contributed by atoms with van der Waals surface area (Å²) in [6.07, 6.45) is 1.85. The van der Waals surface area contributed by atoms with E-state index in [0.29, 0.717) is 6.61 Å². The fourth-order valence-electron chi connectivity index (χ4n) is 2.47. The maximum atomic E-state index is 11.3. The van der Waals surface area contributed by atoms with Gasteiger partial charge in [-0.25, -0.2) is 4.98 Å². The van der Waals surface area contributed by atoms with Crippen molar-refractivity contribution in [2.45, 2.75) is 26.2 Å². The van der Waals surface area contributed by atoms with Crippen LogP contribution < -0.4 is 9.64 Å². The third-order valence-corrected chi connectivity index (χ3v) is 4.51. The smallest absolute Gasteiger partial charge is 0.190 e. The molecule has 0 spiro atoms. The van der Waals surface area contributed by atoms with Crippen LogP contribution in [-0.2, 0) is 0 Å². The first-order valence-electron chi connectivity index (χ1n) is 7.16. The molecule has 1 aromatic carbocycles. The van der Waals surface area contributed by atoms with Crippen LogP contribution in [-0.4, -0.2) is 24.4 Å². The standard InChI is InChI=1S/C16H18N2O2S/c1-11(2)15-14(10-19)21-16(17-15)18-8-5-9-20-13-7-4-3-6-12(13)18/h3-4,6-7,10-11H,5,8-9H2,1-2H3. The lowest BCUT2D eigenvalue weighted by Crippen LogP contribution is -2.17. The van der Waals surface area contributed by atoms with Gasteiger partial charge in [0.2, 0.25) is 0 Å². The Morgan fingerprint density at radius 2 is 2.19 bits per heavy atom. The molecule has 3 rings (SSSR count). The summed E-state index contributed by atoms with van der Waals surface area (Å²) >= 11 is 1.46. The van der Waals surface area contributed by atoms with Crippen LogP contribution in [0.1, 0.15) is 41.6 Å². The van der Waals surface area contributed by atoms with E-state index in [1.807, 2.05) is 24.3 Å². The first-order chi connectivity index (χ1) is 10.2. The van der Waals surface area contributed by atoms with Crippen LogP contribution in [0.25, 0.3) is 0 Å². The molecular weight excluding hydrogens is 284 g/mol. The third kappa shape index (κ3) is 2.65. The summed E-state index contributed by atoms with van der Waals surface area (Å²) in [5, 5.41) is 0.874. The van der Waals surface area contributed by atoms with E-state index in [0.717, 1.165) is 46.4 Å². The number of anilines is 2. The number of fused-ring (bicyclic) bond motifs is 1. The Bertz CT molecular complexity index is 651. The van der Waals surface area contributed by atoms with Gasteiger partial charge in [-0.3, -0.25) is 4.79 Å². The second kappa shape index (κ2) is 5.85. The normalized spacial score (nSPS) is 14.5. The lowest BCUT2D eigenvalue weighted by molar-refractivity contribution is 0.112. The van der Waals surface area contributed by atoms with Crippen molar-refractivity contribution in [1.29, 1.82) is 0 Å². The lowest BCUT2D eigenvalue weighted by atomic mass is 10.1. The second-order valence-electron chi connectivity index (χ2n) is 5.34. The Morgan fingerprint density at radius 3 is 2.90 bits per heavy atom. The molecule has 0 aliphatic carbocycles. The van der Waals surface area contributed by atoms with Gasteiger partial charge in [0.05, 0.1) is 22.9 Å². The molecule has 0 atom stereocenters. The number of hydrogen-bond acceptors (Lipinski definition) is 5. The Hall–Kier alpha value is -1.88. The van der Waals surface area contributed by atoms with Crippen LogP contribution in [0.3, 0.4) is 0 Å². The van der Waals surface area contributed by atoms with E-state index in [1.54, 1.807) is 0 Å². The Kier molecular flexibility index (Phi) is 3.92. The summed E-state index contributed by atoms with van der Waals surface area (Å²) in [5.41, 5.74) is 1.91. The van der Waals surface area contributed by atoms with Crippen molar-refractivity contribution in [2.75, 3.05) is 18.1 Å². The molecule has 4 nitrogen and oxygen atoms in total. The predicted octanol–water partition coefficient (Wildman–Crippen LogP) is 4.00. The minimum Gasteiger partial charge on any atom is -0.491 e. The summed E-state index contributed by atoms with van der Waals surface area (Å²) in [4.78, 5) is 18.9. The highest BCUT2D eigenvalue weighted by Crippen LogP contribution is 2.39. The number of aromatic nitrogens is 1. The van der Waals surface area contributed by atoms with Crippen LogP contribution in [0.15, 0.2) is 24.3 Å². The lowest BCUT2D eigenvalue weighted by Gasteiger charge is -2.20. The summed E-state index contributed by atoms with van der Waals surface area (Å²) < 4.78 is 5.78. The highest BCUT2D eigenvalue weighted by Gasteiger charge is 2.22. The molecule has 1 aromatic heterocycles. The Balaban J connectivity index is 2.06. The molecular formula is C16H18N2O2S. The molecule has 0 bridgehead atoms. The minimum atomic E-state index is 0.244. The maximum absolute atomic E-state index is 11.3. The highest BCUT2D eigenvalue weighted by molar-refractivity contribution is 7.17. The van der Waals surface area contributed by atoms with Gasteiger partial charge in [-0.05, 0) is 24.5 Å². The van der Waals surface area contributed by atoms with Crippen LogP contribution in [0, 0.1) is 0 Å². The van der Waals surface area contributed by atoms with E-state index in [4.69, 9.17) is 9.72 Å². The molecule has 21 heavy (non-hydrogen) atoms. The predicted molar refractivity (Wildman–Crippen MR) is 85.2 cm³/mol.